The van der Waals surface area contributed by atoms with Crippen molar-refractivity contribution in [3.05, 3.63) is 11.6 Å². The van der Waals surface area contributed by atoms with E-state index in [0.29, 0.717) is 22.9 Å². The normalized spacial score (nSPS) is 9.77. The van der Waals surface area contributed by atoms with Crippen LogP contribution >= 0.6 is 0 Å². The van der Waals surface area contributed by atoms with Crippen molar-refractivity contribution in [1.29, 1.82) is 0 Å². The summed E-state index contributed by atoms with van der Waals surface area (Å²) in [4.78, 5) is 0. The molecule has 0 saturated carbocycles. The highest BCUT2D eigenvalue weighted by atomic mass is 16.5. The molecule has 72 valence electrons. The van der Waals surface area contributed by atoms with Crippen LogP contribution in [-0.2, 0) is 0 Å². The summed E-state index contributed by atoms with van der Waals surface area (Å²) < 4.78 is 10.1. The zero-order valence-corrected chi connectivity index (χ0v) is 8.05. The van der Waals surface area contributed by atoms with Gasteiger partial charge in [-0.3, -0.25) is 0 Å². The quantitative estimate of drug-likeness (QED) is 0.674. The zero-order valence-electron chi connectivity index (χ0n) is 8.05. The maximum absolute atomic E-state index is 5.74. The molecule has 0 radical (unpaired) electrons. The summed E-state index contributed by atoms with van der Waals surface area (Å²) in [6.07, 6.45) is 0. The summed E-state index contributed by atoms with van der Waals surface area (Å²) in [5.74, 6) is 1.19. The lowest BCUT2D eigenvalue weighted by atomic mass is 10.1. The molecule has 4 N–H and O–H groups in total. The Hall–Kier alpha value is -1.58. The first kappa shape index (κ1) is 9.51. The summed E-state index contributed by atoms with van der Waals surface area (Å²) in [7, 11) is 3.11. The Morgan fingerprint density at radius 1 is 1.08 bits per heavy atom. The van der Waals surface area contributed by atoms with E-state index in [-0.39, 0.29) is 0 Å². The first-order valence-electron chi connectivity index (χ1n) is 3.88. The summed E-state index contributed by atoms with van der Waals surface area (Å²) >= 11 is 0. The molecule has 0 heterocycles. The summed E-state index contributed by atoms with van der Waals surface area (Å²) in [6, 6.07) is 1.80. The van der Waals surface area contributed by atoms with Crippen LogP contribution in [0, 0.1) is 6.92 Å². The van der Waals surface area contributed by atoms with E-state index in [0.717, 1.165) is 5.56 Å². The van der Waals surface area contributed by atoms with Crippen molar-refractivity contribution in [2.45, 2.75) is 6.92 Å². The van der Waals surface area contributed by atoms with Gasteiger partial charge in [-0.15, -0.1) is 0 Å². The number of anilines is 2. The maximum Gasteiger partial charge on any atom is 0.147 e. The van der Waals surface area contributed by atoms with Crippen LogP contribution in [-0.4, -0.2) is 14.2 Å². The smallest absolute Gasteiger partial charge is 0.147 e. The molecular weight excluding hydrogens is 168 g/mol. The van der Waals surface area contributed by atoms with E-state index in [9.17, 15) is 0 Å². The number of rotatable bonds is 2. The number of nitrogens with two attached hydrogens (primary N) is 2. The number of benzene rings is 1. The van der Waals surface area contributed by atoms with E-state index in [1.165, 1.54) is 0 Å². The van der Waals surface area contributed by atoms with Gasteiger partial charge >= 0.3 is 0 Å². The summed E-state index contributed by atoms with van der Waals surface area (Å²) in [6.45, 7) is 1.89. The Morgan fingerprint density at radius 2 is 1.69 bits per heavy atom. The number of aryl methyl sites for hydroxylation is 1. The monoisotopic (exact) mass is 182 g/mol. The maximum atomic E-state index is 5.74. The number of methoxy groups -OCH3 is 2. The third-order valence-corrected chi connectivity index (χ3v) is 1.93. The highest BCUT2D eigenvalue weighted by Crippen LogP contribution is 2.38. The third kappa shape index (κ3) is 1.47. The second-order valence-electron chi connectivity index (χ2n) is 2.76. The van der Waals surface area contributed by atoms with Crippen molar-refractivity contribution < 1.29 is 9.47 Å². The van der Waals surface area contributed by atoms with Crippen molar-refractivity contribution >= 4 is 11.4 Å². The highest BCUT2D eigenvalue weighted by molar-refractivity contribution is 5.78. The Balaban J connectivity index is 3.37. The van der Waals surface area contributed by atoms with E-state index in [1.54, 1.807) is 20.3 Å². The van der Waals surface area contributed by atoms with Gasteiger partial charge in [0.25, 0.3) is 0 Å². The van der Waals surface area contributed by atoms with E-state index in [4.69, 9.17) is 20.9 Å². The van der Waals surface area contributed by atoms with Crippen LogP contribution < -0.4 is 20.9 Å². The predicted molar refractivity (Wildman–Crippen MR) is 53.1 cm³/mol. The first-order chi connectivity index (χ1) is 6.11. The number of hydrogen-bond acceptors (Lipinski definition) is 4. The van der Waals surface area contributed by atoms with Crippen molar-refractivity contribution in [3.63, 3.8) is 0 Å². The molecule has 1 rings (SSSR count). The van der Waals surface area contributed by atoms with Gasteiger partial charge in [-0.25, -0.2) is 0 Å². The molecule has 0 aliphatic carbocycles. The molecule has 13 heavy (non-hydrogen) atoms. The van der Waals surface area contributed by atoms with Crippen molar-refractivity contribution in [3.8, 4) is 11.5 Å². The van der Waals surface area contributed by atoms with E-state index >= 15 is 0 Å². The van der Waals surface area contributed by atoms with Gasteiger partial charge in [-0.05, 0) is 18.6 Å². The topological polar surface area (TPSA) is 70.5 Å². The number of nitrogen functional groups attached to an aromatic ring is 2. The fourth-order valence-corrected chi connectivity index (χ4v) is 1.25. The number of ether oxygens (including phenoxy) is 2. The zero-order chi connectivity index (χ0) is 10.0. The first-order valence-corrected chi connectivity index (χ1v) is 3.88. The average Bonchev–Trinajstić information content (AvgIpc) is 2.12. The standard InChI is InChI=1S/C9H14N2O2/c1-5-4-6(12-2)7(10)8(11)9(5)13-3/h4H,10-11H2,1-3H3. The van der Waals surface area contributed by atoms with Crippen molar-refractivity contribution in [2.75, 3.05) is 25.7 Å². The van der Waals surface area contributed by atoms with Crippen LogP contribution in [0.5, 0.6) is 11.5 Å². The third-order valence-electron chi connectivity index (χ3n) is 1.93. The SMILES string of the molecule is COc1cc(C)c(OC)c(N)c1N. The molecular formula is C9H14N2O2. The van der Waals surface area contributed by atoms with Crippen LogP contribution in [0.1, 0.15) is 5.56 Å². The number of hydrogen-bond donors (Lipinski definition) is 2. The summed E-state index contributed by atoms with van der Waals surface area (Å²) in [5, 5.41) is 0. The van der Waals surface area contributed by atoms with E-state index < -0.39 is 0 Å². The minimum absolute atomic E-state index is 0.421. The van der Waals surface area contributed by atoms with Gasteiger partial charge in [-0.1, -0.05) is 0 Å². The lowest BCUT2D eigenvalue weighted by Gasteiger charge is -2.13. The van der Waals surface area contributed by atoms with Gasteiger partial charge in [0.2, 0.25) is 0 Å². The average molecular weight is 182 g/mol. The van der Waals surface area contributed by atoms with Gasteiger partial charge in [0.1, 0.15) is 22.9 Å². The molecule has 4 heteroatoms. The largest absolute Gasteiger partial charge is 0.495 e. The Morgan fingerprint density at radius 3 is 2.15 bits per heavy atom. The molecule has 0 amide bonds. The van der Waals surface area contributed by atoms with Gasteiger partial charge in [0.15, 0.2) is 0 Å². The van der Waals surface area contributed by atoms with Crippen LogP contribution in [0.15, 0.2) is 6.07 Å². The fourth-order valence-electron chi connectivity index (χ4n) is 1.25. The molecule has 0 spiro atoms. The molecule has 0 fully saturated rings. The van der Waals surface area contributed by atoms with Crippen LogP contribution in [0.3, 0.4) is 0 Å². The molecule has 1 aromatic carbocycles. The van der Waals surface area contributed by atoms with Gasteiger partial charge in [0, 0.05) is 0 Å². The lowest BCUT2D eigenvalue weighted by molar-refractivity contribution is 0.404. The predicted octanol–water partition coefficient (Wildman–Crippen LogP) is 1.18. The Labute approximate surface area is 77.4 Å². The van der Waals surface area contributed by atoms with E-state index in [2.05, 4.69) is 0 Å². The van der Waals surface area contributed by atoms with E-state index in [1.807, 2.05) is 6.92 Å². The van der Waals surface area contributed by atoms with Gasteiger partial charge in [-0.2, -0.15) is 0 Å². The molecule has 0 aliphatic heterocycles. The second kappa shape index (κ2) is 3.43. The molecule has 0 aliphatic rings. The molecule has 1 aromatic rings. The van der Waals surface area contributed by atoms with Gasteiger partial charge < -0.3 is 20.9 Å². The lowest BCUT2D eigenvalue weighted by Crippen LogP contribution is -2.02. The van der Waals surface area contributed by atoms with Crippen LogP contribution in [0.2, 0.25) is 0 Å². The van der Waals surface area contributed by atoms with Crippen LogP contribution in [0.25, 0.3) is 0 Å². The fraction of sp³-hybridized carbons (Fsp3) is 0.333. The minimum atomic E-state index is 0.421. The molecule has 4 nitrogen and oxygen atoms in total. The second-order valence-corrected chi connectivity index (χ2v) is 2.76. The minimum Gasteiger partial charge on any atom is -0.495 e. The Bertz CT molecular complexity index is 324. The molecule has 0 bridgehead atoms. The van der Waals surface area contributed by atoms with Crippen molar-refractivity contribution in [2.24, 2.45) is 0 Å². The van der Waals surface area contributed by atoms with Crippen LogP contribution in [0.4, 0.5) is 11.4 Å². The molecule has 0 saturated heterocycles. The van der Waals surface area contributed by atoms with Gasteiger partial charge in [0.05, 0.1) is 14.2 Å². The molecule has 0 atom stereocenters. The van der Waals surface area contributed by atoms with Crippen molar-refractivity contribution in [1.82, 2.24) is 0 Å². The highest BCUT2D eigenvalue weighted by Gasteiger charge is 2.11. The molecule has 0 unspecified atom stereocenters. The Kier molecular flexibility index (Phi) is 2.51. The summed E-state index contributed by atoms with van der Waals surface area (Å²) in [5.41, 5.74) is 13.2. The molecule has 0 aromatic heterocycles.